The SMILES string of the molecule is Cc1cc(C(=O)/C=C/c2cccc(C(=O)O)c2)ccc1O.O=Cc1cccc(C(=O)O)c1. The number of rotatable bonds is 6. The summed E-state index contributed by atoms with van der Waals surface area (Å²) < 4.78 is 0. The first-order valence-electron chi connectivity index (χ1n) is 9.35. The lowest BCUT2D eigenvalue weighted by atomic mass is 10.1. The van der Waals surface area contributed by atoms with E-state index in [1.807, 2.05) is 0 Å². The van der Waals surface area contributed by atoms with Crippen molar-refractivity contribution >= 4 is 30.1 Å². The highest BCUT2D eigenvalue weighted by Gasteiger charge is 2.05. The lowest BCUT2D eigenvalue weighted by Gasteiger charge is -2.01. The number of aryl methyl sites for hydroxylation is 1. The van der Waals surface area contributed by atoms with E-state index >= 15 is 0 Å². The Morgan fingerprint density at radius 3 is 1.84 bits per heavy atom. The van der Waals surface area contributed by atoms with Crippen LogP contribution in [-0.4, -0.2) is 39.3 Å². The minimum atomic E-state index is -1.02. The Kier molecular flexibility index (Phi) is 8.19. The van der Waals surface area contributed by atoms with Crippen molar-refractivity contribution in [1.29, 1.82) is 0 Å². The minimum Gasteiger partial charge on any atom is -0.508 e. The van der Waals surface area contributed by atoms with Crippen LogP contribution in [0.2, 0.25) is 0 Å². The zero-order valence-electron chi connectivity index (χ0n) is 17.1. The van der Waals surface area contributed by atoms with Gasteiger partial charge in [0.25, 0.3) is 0 Å². The van der Waals surface area contributed by atoms with Crippen molar-refractivity contribution in [2.45, 2.75) is 6.92 Å². The normalized spacial score (nSPS) is 10.2. The smallest absolute Gasteiger partial charge is 0.335 e. The number of aldehydes is 1. The van der Waals surface area contributed by atoms with Crippen molar-refractivity contribution in [3.05, 3.63) is 106 Å². The quantitative estimate of drug-likeness (QED) is 0.297. The van der Waals surface area contributed by atoms with Gasteiger partial charge in [0.1, 0.15) is 12.0 Å². The summed E-state index contributed by atoms with van der Waals surface area (Å²) in [4.78, 5) is 43.4. The molecular weight excluding hydrogens is 412 g/mol. The van der Waals surface area contributed by atoms with Crippen LogP contribution in [0, 0.1) is 6.92 Å². The third-order valence-corrected chi connectivity index (χ3v) is 4.31. The summed E-state index contributed by atoms with van der Waals surface area (Å²) in [5.74, 6) is -2.09. The maximum atomic E-state index is 12.0. The number of carbonyl (C=O) groups is 4. The van der Waals surface area contributed by atoms with Crippen molar-refractivity contribution in [3.8, 4) is 5.75 Å². The van der Waals surface area contributed by atoms with Crippen LogP contribution in [0.4, 0.5) is 0 Å². The van der Waals surface area contributed by atoms with Gasteiger partial charge >= 0.3 is 11.9 Å². The summed E-state index contributed by atoms with van der Waals surface area (Å²) >= 11 is 0. The maximum Gasteiger partial charge on any atom is 0.335 e. The van der Waals surface area contributed by atoms with E-state index in [2.05, 4.69) is 0 Å². The lowest BCUT2D eigenvalue weighted by Crippen LogP contribution is -1.96. The summed E-state index contributed by atoms with van der Waals surface area (Å²) in [5, 5.41) is 26.8. The number of benzene rings is 3. The molecule has 0 aliphatic heterocycles. The predicted octanol–water partition coefficient (Wildman–Crippen LogP) is 4.49. The standard InChI is InChI=1S/C17H14O4.C8H6O3/c1-11-9-13(6-8-15(11)18)16(19)7-5-12-3-2-4-14(10-12)17(20)21;9-5-6-2-1-3-7(4-6)8(10)11/h2-10,18H,1H3,(H,20,21);1-5H,(H,10,11)/b7-5+;. The summed E-state index contributed by atoms with van der Waals surface area (Å²) in [5.41, 5.74) is 2.42. The van der Waals surface area contributed by atoms with Gasteiger partial charge in [-0.2, -0.15) is 0 Å². The van der Waals surface area contributed by atoms with Crippen LogP contribution < -0.4 is 0 Å². The van der Waals surface area contributed by atoms with E-state index in [1.165, 1.54) is 42.5 Å². The van der Waals surface area contributed by atoms with E-state index in [-0.39, 0.29) is 22.7 Å². The van der Waals surface area contributed by atoms with Crippen molar-refractivity contribution in [2.75, 3.05) is 0 Å². The molecule has 7 nitrogen and oxygen atoms in total. The van der Waals surface area contributed by atoms with Crippen molar-refractivity contribution in [2.24, 2.45) is 0 Å². The molecule has 0 fully saturated rings. The number of phenols is 1. The number of aromatic carboxylic acids is 2. The molecule has 0 bridgehead atoms. The predicted molar refractivity (Wildman–Crippen MR) is 118 cm³/mol. The number of aromatic hydroxyl groups is 1. The molecule has 32 heavy (non-hydrogen) atoms. The third-order valence-electron chi connectivity index (χ3n) is 4.31. The van der Waals surface area contributed by atoms with Gasteiger partial charge in [-0.15, -0.1) is 0 Å². The molecular formula is C25H20O7. The van der Waals surface area contributed by atoms with E-state index in [4.69, 9.17) is 10.2 Å². The number of carbonyl (C=O) groups excluding carboxylic acids is 2. The zero-order valence-corrected chi connectivity index (χ0v) is 17.1. The molecule has 3 aromatic carbocycles. The molecule has 0 spiro atoms. The van der Waals surface area contributed by atoms with Crippen LogP contribution in [0.1, 0.15) is 52.6 Å². The topological polar surface area (TPSA) is 129 Å². The number of carboxylic acids is 2. The summed E-state index contributed by atoms with van der Waals surface area (Å²) in [6.07, 6.45) is 3.57. The molecule has 0 aliphatic carbocycles. The largest absolute Gasteiger partial charge is 0.508 e. The van der Waals surface area contributed by atoms with Crippen LogP contribution in [-0.2, 0) is 0 Å². The Morgan fingerprint density at radius 2 is 1.31 bits per heavy atom. The van der Waals surface area contributed by atoms with Gasteiger partial charge < -0.3 is 15.3 Å². The second-order valence-corrected chi connectivity index (χ2v) is 6.68. The third kappa shape index (κ3) is 6.77. The number of hydrogen-bond acceptors (Lipinski definition) is 5. The van der Waals surface area contributed by atoms with Gasteiger partial charge in [-0.1, -0.05) is 30.3 Å². The summed E-state index contributed by atoms with van der Waals surface area (Å²) in [6, 6.07) is 16.8. The van der Waals surface area contributed by atoms with Crippen molar-refractivity contribution in [1.82, 2.24) is 0 Å². The second kappa shape index (κ2) is 11.0. The summed E-state index contributed by atoms with van der Waals surface area (Å²) in [7, 11) is 0. The Bertz CT molecular complexity index is 1190. The molecule has 3 N–H and O–H groups in total. The van der Waals surface area contributed by atoms with E-state index in [9.17, 15) is 24.3 Å². The number of phenolic OH excluding ortho intramolecular Hbond substituents is 1. The molecule has 0 saturated carbocycles. The zero-order chi connectivity index (χ0) is 23.7. The molecule has 0 heterocycles. The van der Waals surface area contributed by atoms with Gasteiger partial charge in [0.15, 0.2) is 5.78 Å². The Labute approximate surface area is 183 Å². The average molecular weight is 432 g/mol. The molecule has 162 valence electrons. The van der Waals surface area contributed by atoms with E-state index in [0.29, 0.717) is 28.5 Å². The Hall–Kier alpha value is -4.52. The van der Waals surface area contributed by atoms with Gasteiger partial charge in [0.05, 0.1) is 11.1 Å². The Balaban J connectivity index is 0.000000278. The fourth-order valence-electron chi connectivity index (χ4n) is 2.60. The average Bonchev–Trinajstić information content (AvgIpc) is 2.79. The molecule has 0 amide bonds. The molecule has 7 heteroatoms. The van der Waals surface area contributed by atoms with E-state index < -0.39 is 11.9 Å². The van der Waals surface area contributed by atoms with Gasteiger partial charge in [-0.05, 0) is 66.6 Å². The lowest BCUT2D eigenvalue weighted by molar-refractivity contribution is 0.0686. The molecule has 0 unspecified atom stereocenters. The molecule has 0 radical (unpaired) electrons. The monoisotopic (exact) mass is 432 g/mol. The minimum absolute atomic E-state index is 0.134. The highest BCUT2D eigenvalue weighted by molar-refractivity contribution is 6.07. The maximum absolute atomic E-state index is 12.0. The molecule has 3 rings (SSSR count). The first-order valence-corrected chi connectivity index (χ1v) is 9.35. The molecule has 0 saturated heterocycles. The number of allylic oxidation sites excluding steroid dienone is 1. The molecule has 0 aliphatic rings. The van der Waals surface area contributed by atoms with Crippen LogP contribution >= 0.6 is 0 Å². The molecule has 0 atom stereocenters. The van der Waals surface area contributed by atoms with E-state index in [1.54, 1.807) is 43.3 Å². The van der Waals surface area contributed by atoms with Crippen LogP contribution in [0.25, 0.3) is 6.08 Å². The van der Waals surface area contributed by atoms with Crippen molar-refractivity contribution < 1.29 is 34.5 Å². The number of ketones is 1. The first kappa shape index (κ1) is 23.8. The van der Waals surface area contributed by atoms with Gasteiger partial charge in [0, 0.05) is 11.1 Å². The van der Waals surface area contributed by atoms with E-state index in [0.717, 1.165) is 0 Å². The van der Waals surface area contributed by atoms with Gasteiger partial charge in [-0.3, -0.25) is 9.59 Å². The highest BCUT2D eigenvalue weighted by Crippen LogP contribution is 2.18. The Morgan fingerprint density at radius 1 is 0.750 bits per heavy atom. The highest BCUT2D eigenvalue weighted by atomic mass is 16.4. The van der Waals surface area contributed by atoms with Crippen molar-refractivity contribution in [3.63, 3.8) is 0 Å². The molecule has 0 aromatic heterocycles. The first-order chi connectivity index (χ1) is 15.2. The summed E-state index contributed by atoms with van der Waals surface area (Å²) in [6.45, 7) is 1.71. The van der Waals surface area contributed by atoms with Gasteiger partial charge in [0.2, 0.25) is 0 Å². The fourth-order valence-corrected chi connectivity index (χ4v) is 2.60. The number of carboxylic acid groups (broad SMARTS) is 2. The fraction of sp³-hybridized carbons (Fsp3) is 0.0400. The number of hydrogen-bond donors (Lipinski definition) is 3. The van der Waals surface area contributed by atoms with Crippen LogP contribution in [0.5, 0.6) is 5.75 Å². The molecule has 3 aromatic rings. The van der Waals surface area contributed by atoms with Crippen LogP contribution in [0.3, 0.4) is 0 Å². The van der Waals surface area contributed by atoms with Gasteiger partial charge in [-0.25, -0.2) is 9.59 Å². The van der Waals surface area contributed by atoms with Crippen LogP contribution in [0.15, 0.2) is 72.8 Å². The second-order valence-electron chi connectivity index (χ2n) is 6.68.